The van der Waals surface area contributed by atoms with E-state index in [0.717, 1.165) is 22.7 Å². The lowest BCUT2D eigenvalue weighted by atomic mass is 9.99. The van der Waals surface area contributed by atoms with Gasteiger partial charge in [-0.2, -0.15) is 0 Å². The third kappa shape index (κ3) is 5.44. The Bertz CT molecular complexity index is 1040. The van der Waals surface area contributed by atoms with E-state index in [1.807, 2.05) is 19.1 Å². The van der Waals surface area contributed by atoms with E-state index < -0.39 is 16.0 Å². The molecule has 0 atom stereocenters. The Morgan fingerprint density at radius 2 is 1.74 bits per heavy atom. The molecule has 1 heterocycles. The predicted octanol–water partition coefficient (Wildman–Crippen LogP) is 3.24. The first kappa shape index (κ1) is 22.8. The quantitative estimate of drug-likeness (QED) is 0.639. The van der Waals surface area contributed by atoms with Crippen LogP contribution in [0, 0.1) is 12.8 Å². The van der Waals surface area contributed by atoms with Gasteiger partial charge in [-0.15, -0.1) is 0 Å². The van der Waals surface area contributed by atoms with E-state index in [1.165, 1.54) is 31.3 Å². The number of hydrogen-bond acceptors (Lipinski definition) is 5. The van der Waals surface area contributed by atoms with Crippen LogP contribution in [0.4, 0.5) is 5.69 Å². The summed E-state index contributed by atoms with van der Waals surface area (Å²) in [4.78, 5) is 26.4. The number of anilines is 1. The molecule has 0 aliphatic carbocycles. The van der Waals surface area contributed by atoms with E-state index in [2.05, 4.69) is 6.92 Å². The second kappa shape index (κ2) is 9.51. The van der Waals surface area contributed by atoms with Gasteiger partial charge in [-0.3, -0.25) is 9.10 Å². The highest BCUT2D eigenvalue weighted by Gasteiger charge is 2.24. The lowest BCUT2D eigenvalue weighted by Gasteiger charge is -2.30. The van der Waals surface area contributed by atoms with E-state index in [4.69, 9.17) is 4.74 Å². The van der Waals surface area contributed by atoms with Crippen molar-refractivity contribution >= 4 is 27.6 Å². The monoisotopic (exact) mass is 444 g/mol. The molecule has 1 saturated heterocycles. The molecule has 0 aromatic heterocycles. The second-order valence-corrected chi connectivity index (χ2v) is 9.94. The fourth-order valence-corrected chi connectivity index (χ4v) is 4.64. The Labute approximate surface area is 183 Å². The normalized spacial score (nSPS) is 14.9. The largest absolute Gasteiger partial charge is 0.452 e. The molecule has 0 N–H and O–H groups in total. The zero-order valence-electron chi connectivity index (χ0n) is 18.1. The Morgan fingerprint density at radius 1 is 1.10 bits per heavy atom. The fraction of sp³-hybridized carbons (Fsp3) is 0.391. The topological polar surface area (TPSA) is 84.0 Å². The summed E-state index contributed by atoms with van der Waals surface area (Å²) in [5.41, 5.74) is 1.62. The number of aryl methyl sites for hydroxylation is 1. The molecule has 0 unspecified atom stereocenters. The van der Waals surface area contributed by atoms with Gasteiger partial charge in [-0.05, 0) is 56.0 Å². The van der Waals surface area contributed by atoms with Crippen LogP contribution in [0.25, 0.3) is 0 Å². The van der Waals surface area contributed by atoms with Crippen molar-refractivity contribution in [1.29, 1.82) is 0 Å². The zero-order chi connectivity index (χ0) is 22.6. The molecule has 0 saturated carbocycles. The van der Waals surface area contributed by atoms with E-state index in [0.29, 0.717) is 24.7 Å². The highest BCUT2D eigenvalue weighted by Crippen LogP contribution is 2.23. The molecule has 2 aromatic rings. The average Bonchev–Trinajstić information content (AvgIpc) is 2.77. The number of benzene rings is 2. The molecule has 1 fully saturated rings. The summed E-state index contributed by atoms with van der Waals surface area (Å²) < 4.78 is 32.3. The summed E-state index contributed by atoms with van der Waals surface area (Å²) in [5.74, 6) is -0.369. The fourth-order valence-electron chi connectivity index (χ4n) is 3.39. The molecule has 1 aliphatic heterocycles. The van der Waals surface area contributed by atoms with Gasteiger partial charge in [0.2, 0.25) is 0 Å². The van der Waals surface area contributed by atoms with E-state index in [9.17, 15) is 18.0 Å². The Kier molecular flexibility index (Phi) is 7.00. The Balaban J connectivity index is 1.68. The number of carbonyl (C=O) groups excluding carboxylic acids is 2. The van der Waals surface area contributed by atoms with Gasteiger partial charge in [-0.1, -0.05) is 30.7 Å². The number of likely N-dealkylation sites (tertiary alicyclic amines) is 1. The summed E-state index contributed by atoms with van der Waals surface area (Å²) in [7, 11) is -2.40. The maximum absolute atomic E-state index is 13.0. The number of amides is 1. The first-order valence-corrected chi connectivity index (χ1v) is 11.7. The average molecular weight is 445 g/mol. The molecule has 1 aliphatic rings. The summed E-state index contributed by atoms with van der Waals surface area (Å²) in [6, 6.07) is 12.8. The van der Waals surface area contributed by atoms with Crippen molar-refractivity contribution in [2.75, 3.05) is 31.0 Å². The van der Waals surface area contributed by atoms with Crippen molar-refractivity contribution < 1.29 is 22.7 Å². The molecule has 31 heavy (non-hydrogen) atoms. The number of carbonyl (C=O) groups is 2. The highest BCUT2D eigenvalue weighted by molar-refractivity contribution is 7.92. The minimum absolute atomic E-state index is 0.0265. The molecule has 0 radical (unpaired) electrons. The van der Waals surface area contributed by atoms with Gasteiger partial charge in [0.15, 0.2) is 6.61 Å². The second-order valence-electron chi connectivity index (χ2n) is 7.98. The van der Waals surface area contributed by atoms with Crippen molar-refractivity contribution in [1.82, 2.24) is 4.90 Å². The van der Waals surface area contributed by atoms with Crippen LogP contribution in [-0.4, -0.2) is 51.9 Å². The van der Waals surface area contributed by atoms with Crippen molar-refractivity contribution in [3.8, 4) is 0 Å². The minimum atomic E-state index is -3.86. The SMILES string of the molecule is Cc1ccc(N(C)S(=O)(=O)c2cccc(C(=O)OCC(=O)N3CCC(C)CC3)c2)cc1. The van der Waals surface area contributed by atoms with Gasteiger partial charge in [-0.25, -0.2) is 13.2 Å². The van der Waals surface area contributed by atoms with Crippen LogP contribution in [0.2, 0.25) is 0 Å². The molecule has 7 nitrogen and oxygen atoms in total. The molecular weight excluding hydrogens is 416 g/mol. The molecule has 2 aromatic carbocycles. The molecule has 8 heteroatoms. The number of esters is 1. The van der Waals surface area contributed by atoms with Crippen molar-refractivity contribution in [3.05, 3.63) is 59.7 Å². The number of sulfonamides is 1. The maximum atomic E-state index is 13.0. The van der Waals surface area contributed by atoms with Crippen LogP contribution in [-0.2, 0) is 19.6 Å². The van der Waals surface area contributed by atoms with Crippen molar-refractivity contribution in [3.63, 3.8) is 0 Å². The molecule has 0 bridgehead atoms. The summed E-state index contributed by atoms with van der Waals surface area (Å²) in [6.45, 7) is 5.05. The van der Waals surface area contributed by atoms with E-state index in [1.54, 1.807) is 17.0 Å². The molecule has 1 amide bonds. The number of ether oxygens (including phenoxy) is 1. The highest BCUT2D eigenvalue weighted by atomic mass is 32.2. The maximum Gasteiger partial charge on any atom is 0.338 e. The number of rotatable bonds is 6. The Morgan fingerprint density at radius 3 is 2.39 bits per heavy atom. The molecular formula is C23H28N2O5S. The zero-order valence-corrected chi connectivity index (χ0v) is 18.9. The van der Waals surface area contributed by atoms with Crippen molar-refractivity contribution in [2.45, 2.75) is 31.6 Å². The minimum Gasteiger partial charge on any atom is -0.452 e. The van der Waals surface area contributed by atoms with Gasteiger partial charge < -0.3 is 9.64 Å². The molecule has 0 spiro atoms. The lowest BCUT2D eigenvalue weighted by molar-refractivity contribution is -0.135. The predicted molar refractivity (Wildman–Crippen MR) is 118 cm³/mol. The number of hydrogen-bond donors (Lipinski definition) is 0. The first-order valence-electron chi connectivity index (χ1n) is 10.3. The van der Waals surface area contributed by atoms with Gasteiger partial charge in [0.1, 0.15) is 0 Å². The summed E-state index contributed by atoms with van der Waals surface area (Å²) in [6.07, 6.45) is 1.88. The third-order valence-corrected chi connectivity index (χ3v) is 7.37. The van der Waals surface area contributed by atoms with E-state index >= 15 is 0 Å². The lowest BCUT2D eigenvalue weighted by Crippen LogP contribution is -2.40. The molecule has 166 valence electrons. The van der Waals surface area contributed by atoms with Gasteiger partial charge >= 0.3 is 5.97 Å². The third-order valence-electron chi connectivity index (χ3n) is 5.59. The number of nitrogens with zero attached hydrogens (tertiary/aromatic N) is 2. The molecule has 3 rings (SSSR count). The van der Waals surface area contributed by atoms with Gasteiger partial charge in [0.05, 0.1) is 16.1 Å². The van der Waals surface area contributed by atoms with Crippen LogP contribution < -0.4 is 4.31 Å². The van der Waals surface area contributed by atoms with E-state index in [-0.39, 0.29) is 23.0 Å². The first-order chi connectivity index (χ1) is 14.7. The standard InChI is InChI=1S/C23H28N2O5S/c1-17-7-9-20(10-8-17)24(3)31(28,29)21-6-4-5-19(15-21)23(27)30-16-22(26)25-13-11-18(2)12-14-25/h4-10,15,18H,11-14,16H2,1-3H3. The summed E-state index contributed by atoms with van der Waals surface area (Å²) >= 11 is 0. The van der Waals surface area contributed by atoms with Crippen LogP contribution in [0.5, 0.6) is 0 Å². The smallest absolute Gasteiger partial charge is 0.338 e. The van der Waals surface area contributed by atoms with Gasteiger partial charge in [0.25, 0.3) is 15.9 Å². The van der Waals surface area contributed by atoms with Crippen LogP contribution in [0.1, 0.15) is 35.7 Å². The van der Waals surface area contributed by atoms with Crippen LogP contribution >= 0.6 is 0 Å². The Hall–Kier alpha value is -2.87. The van der Waals surface area contributed by atoms with Crippen LogP contribution in [0.15, 0.2) is 53.4 Å². The van der Waals surface area contributed by atoms with Crippen molar-refractivity contribution in [2.24, 2.45) is 5.92 Å². The summed E-state index contributed by atoms with van der Waals surface area (Å²) in [5, 5.41) is 0. The van der Waals surface area contributed by atoms with Crippen LogP contribution in [0.3, 0.4) is 0 Å². The van der Waals surface area contributed by atoms with Gasteiger partial charge in [0, 0.05) is 20.1 Å². The number of piperidine rings is 1.